The van der Waals surface area contributed by atoms with Crippen molar-refractivity contribution in [3.05, 3.63) is 48.0 Å². The third kappa shape index (κ3) is 12.2. The maximum Gasteiger partial charge on any atom is 0.573 e. The lowest BCUT2D eigenvalue weighted by Gasteiger charge is -2.34. The second-order valence-electron chi connectivity index (χ2n) is 13.3. The summed E-state index contributed by atoms with van der Waals surface area (Å²) in [7, 11) is 0. The molecule has 0 radical (unpaired) electrons. The Morgan fingerprint density at radius 3 is 2.28 bits per heavy atom. The zero-order valence-electron chi connectivity index (χ0n) is 27.3. The lowest BCUT2D eigenvalue weighted by Crippen LogP contribution is -2.50. The van der Waals surface area contributed by atoms with Crippen molar-refractivity contribution in [2.24, 2.45) is 22.8 Å². The Balaban J connectivity index is 1.76. The fourth-order valence-electron chi connectivity index (χ4n) is 5.01. The van der Waals surface area contributed by atoms with Gasteiger partial charge in [-0.2, -0.15) is 13.2 Å². The number of thioether (sulfide) groups is 1. The predicted octanol–water partition coefficient (Wildman–Crippen LogP) is 9.42. The number of rotatable bonds is 16. The van der Waals surface area contributed by atoms with Gasteiger partial charge in [0.15, 0.2) is 0 Å². The molecule has 262 valence electrons. The summed E-state index contributed by atoms with van der Waals surface area (Å²) in [4.78, 5) is 13.4. The van der Waals surface area contributed by atoms with Crippen molar-refractivity contribution in [2.45, 2.75) is 102 Å². The molecule has 0 fully saturated rings. The maximum atomic E-state index is 13.4. The number of benzene rings is 2. The molecule has 6 nitrogen and oxygen atoms in total. The van der Waals surface area contributed by atoms with Gasteiger partial charge in [0.1, 0.15) is 17.1 Å². The van der Waals surface area contributed by atoms with Crippen molar-refractivity contribution in [2.75, 3.05) is 12.4 Å². The molecular formula is C34H44F6N2O4S. The highest BCUT2D eigenvalue weighted by atomic mass is 32.2. The average Bonchev–Trinajstić information content (AvgIpc) is 3.35. The van der Waals surface area contributed by atoms with Gasteiger partial charge in [-0.3, -0.25) is 4.79 Å². The highest BCUT2D eigenvalue weighted by molar-refractivity contribution is 7.99. The molecule has 0 aliphatic heterocycles. The molecule has 0 saturated heterocycles. The molecule has 13 heteroatoms. The van der Waals surface area contributed by atoms with Gasteiger partial charge < -0.3 is 25.4 Å². The number of carbonyl (C=O) groups is 1. The van der Waals surface area contributed by atoms with Gasteiger partial charge in [0.05, 0.1) is 24.0 Å². The Bertz CT molecular complexity index is 1480. The van der Waals surface area contributed by atoms with Gasteiger partial charge in [0.2, 0.25) is 0 Å². The van der Waals surface area contributed by atoms with Crippen LogP contribution in [-0.4, -0.2) is 42.4 Å². The Hall–Kier alpha value is -2.90. The van der Waals surface area contributed by atoms with Crippen LogP contribution in [0.5, 0.6) is 5.75 Å². The quantitative estimate of drug-likeness (QED) is 0.0669. The van der Waals surface area contributed by atoms with Gasteiger partial charge in [0, 0.05) is 33.5 Å². The SMILES string of the molecule is CCCCCc1ccc(-c2cc3ccc(SCC(COC(=O)C(C)(C)C(N)CC(C)(C)N)CC(F)(F)F)cc3o2)c(OC(F)(F)F)c1. The van der Waals surface area contributed by atoms with Crippen LogP contribution in [0, 0.1) is 11.3 Å². The monoisotopic (exact) mass is 690 g/mol. The average molecular weight is 691 g/mol. The Labute approximate surface area is 275 Å². The number of hydrogen-bond donors (Lipinski definition) is 2. The molecule has 2 atom stereocenters. The van der Waals surface area contributed by atoms with Crippen LogP contribution in [-0.2, 0) is 16.0 Å². The third-order valence-electron chi connectivity index (χ3n) is 7.75. The van der Waals surface area contributed by atoms with Crippen LogP contribution in [0.4, 0.5) is 26.3 Å². The molecule has 0 bridgehead atoms. The molecule has 0 spiro atoms. The Kier molecular flexibility index (Phi) is 12.7. The van der Waals surface area contributed by atoms with Crippen LogP contribution >= 0.6 is 11.8 Å². The van der Waals surface area contributed by atoms with Crippen LogP contribution in [0.1, 0.15) is 72.3 Å². The summed E-state index contributed by atoms with van der Waals surface area (Å²) in [6.07, 6.45) is -6.90. The number of carbonyl (C=O) groups excluding carboxylic acids is 1. The highest BCUT2D eigenvalue weighted by Gasteiger charge is 2.39. The van der Waals surface area contributed by atoms with Gasteiger partial charge in [0.25, 0.3) is 0 Å². The van der Waals surface area contributed by atoms with Crippen molar-refractivity contribution in [3.8, 4) is 17.1 Å². The first kappa shape index (κ1) is 38.5. The van der Waals surface area contributed by atoms with Crippen molar-refractivity contribution < 1.29 is 45.0 Å². The summed E-state index contributed by atoms with van der Waals surface area (Å²) in [5.41, 5.74) is 11.6. The molecule has 0 saturated carbocycles. The first-order valence-electron chi connectivity index (χ1n) is 15.5. The Morgan fingerprint density at radius 2 is 1.66 bits per heavy atom. The third-order valence-corrected chi connectivity index (χ3v) is 8.98. The molecule has 47 heavy (non-hydrogen) atoms. The van der Waals surface area contributed by atoms with E-state index < -0.39 is 54.4 Å². The zero-order chi connectivity index (χ0) is 35.2. The largest absolute Gasteiger partial charge is 0.573 e. The van der Waals surface area contributed by atoms with Crippen molar-refractivity contribution in [3.63, 3.8) is 0 Å². The number of nitrogens with two attached hydrogens (primary N) is 2. The number of halogens is 6. The van der Waals surface area contributed by atoms with E-state index in [9.17, 15) is 31.1 Å². The summed E-state index contributed by atoms with van der Waals surface area (Å²) in [6.45, 7) is 8.25. The lowest BCUT2D eigenvalue weighted by molar-refractivity contribution is -0.274. The summed E-state index contributed by atoms with van der Waals surface area (Å²) >= 11 is 1.12. The van der Waals surface area contributed by atoms with Gasteiger partial charge in [-0.05, 0) is 88.9 Å². The molecule has 3 rings (SSSR count). The van der Waals surface area contributed by atoms with Crippen molar-refractivity contribution in [1.29, 1.82) is 0 Å². The number of esters is 1. The smallest absolute Gasteiger partial charge is 0.465 e. The minimum atomic E-state index is -4.91. The topological polar surface area (TPSA) is 101 Å². The van der Waals surface area contributed by atoms with Gasteiger partial charge in [-0.25, -0.2) is 0 Å². The summed E-state index contributed by atoms with van der Waals surface area (Å²) in [5.74, 6) is -2.01. The van der Waals surface area contributed by atoms with Crippen LogP contribution < -0.4 is 16.2 Å². The number of furan rings is 1. The number of fused-ring (bicyclic) bond motifs is 1. The van der Waals surface area contributed by atoms with E-state index in [0.29, 0.717) is 34.3 Å². The van der Waals surface area contributed by atoms with E-state index >= 15 is 0 Å². The number of ether oxygens (including phenoxy) is 2. The second kappa shape index (κ2) is 15.5. The normalized spacial score (nSPS) is 14.3. The molecule has 1 aromatic heterocycles. The van der Waals surface area contributed by atoms with Crippen molar-refractivity contribution in [1.82, 2.24) is 0 Å². The van der Waals surface area contributed by atoms with Crippen molar-refractivity contribution >= 4 is 28.7 Å². The maximum absolute atomic E-state index is 13.4. The highest BCUT2D eigenvalue weighted by Crippen LogP contribution is 2.39. The number of unbranched alkanes of at least 4 members (excludes halogenated alkanes) is 2. The Morgan fingerprint density at radius 1 is 0.957 bits per heavy atom. The minimum Gasteiger partial charge on any atom is -0.465 e. The van der Waals surface area contributed by atoms with Gasteiger partial charge in [-0.15, -0.1) is 24.9 Å². The van der Waals surface area contributed by atoms with E-state index in [-0.39, 0.29) is 22.8 Å². The zero-order valence-corrected chi connectivity index (χ0v) is 28.1. The van der Waals surface area contributed by atoms with Gasteiger partial charge in [-0.1, -0.05) is 25.8 Å². The molecule has 4 N–H and O–H groups in total. The van der Waals surface area contributed by atoms with E-state index in [0.717, 1.165) is 31.0 Å². The molecule has 1 heterocycles. The fraction of sp³-hybridized carbons (Fsp3) is 0.559. The van der Waals surface area contributed by atoms with E-state index in [1.54, 1.807) is 58.0 Å². The number of alkyl halides is 6. The fourth-order valence-corrected chi connectivity index (χ4v) is 6.01. The van der Waals surface area contributed by atoms with Crippen LogP contribution in [0.3, 0.4) is 0 Å². The van der Waals surface area contributed by atoms with E-state index in [2.05, 4.69) is 4.74 Å². The lowest BCUT2D eigenvalue weighted by atomic mass is 9.79. The molecule has 0 amide bonds. The van der Waals surface area contributed by atoms with Crippen LogP contribution in [0.25, 0.3) is 22.3 Å². The first-order valence-corrected chi connectivity index (χ1v) is 16.5. The van der Waals surface area contributed by atoms with Gasteiger partial charge >= 0.3 is 18.5 Å². The molecule has 0 aliphatic rings. The first-order chi connectivity index (χ1) is 21.7. The summed E-state index contributed by atoms with van der Waals surface area (Å²) in [6, 6.07) is 10.5. The van der Waals surface area contributed by atoms with E-state index in [1.165, 1.54) is 12.1 Å². The van der Waals surface area contributed by atoms with Crippen LogP contribution in [0.2, 0.25) is 0 Å². The van der Waals surface area contributed by atoms with E-state index in [1.807, 2.05) is 6.92 Å². The van der Waals surface area contributed by atoms with Crippen LogP contribution in [0.15, 0.2) is 51.8 Å². The standard InChI is InChI=1S/C34H44F6N2O4S/c1-6-7-8-9-21-10-13-25(28(14-21)46-34(38,39)40)27-15-23-11-12-24(16-26(23)45-27)47-20-22(17-33(35,36)37)19-44-30(43)32(4,5)29(41)18-31(2,3)42/h10-16,22,29H,6-9,17-20,41-42H2,1-5H3. The molecule has 0 aliphatic carbocycles. The number of aryl methyl sites for hydroxylation is 1. The van der Waals surface area contributed by atoms with E-state index in [4.69, 9.17) is 20.6 Å². The minimum absolute atomic E-state index is 0.0305. The molecular weight excluding hydrogens is 646 g/mol. The second-order valence-corrected chi connectivity index (χ2v) is 14.4. The predicted molar refractivity (Wildman–Crippen MR) is 172 cm³/mol. The summed E-state index contributed by atoms with van der Waals surface area (Å²) in [5, 5.41) is 0.592. The summed E-state index contributed by atoms with van der Waals surface area (Å²) < 4.78 is 95.8. The molecule has 2 aromatic carbocycles. The molecule has 3 aromatic rings. The number of hydrogen-bond acceptors (Lipinski definition) is 7. The molecule has 2 unspecified atom stereocenters.